The maximum atomic E-state index is 12.9. The summed E-state index contributed by atoms with van der Waals surface area (Å²) in [5, 5.41) is 4.15. The van der Waals surface area contributed by atoms with Crippen LogP contribution >= 0.6 is 12.2 Å². The van der Waals surface area contributed by atoms with Crippen molar-refractivity contribution in [3.05, 3.63) is 76.0 Å². The van der Waals surface area contributed by atoms with Crippen molar-refractivity contribution in [3.8, 4) is 5.75 Å². The van der Waals surface area contributed by atoms with E-state index in [1.165, 1.54) is 16.7 Å². The van der Waals surface area contributed by atoms with Crippen LogP contribution in [0.2, 0.25) is 0 Å². The Labute approximate surface area is 190 Å². The molecule has 0 amide bonds. The van der Waals surface area contributed by atoms with E-state index in [0.29, 0.717) is 18.1 Å². The van der Waals surface area contributed by atoms with Crippen LogP contribution in [0.3, 0.4) is 0 Å². The van der Waals surface area contributed by atoms with Crippen LogP contribution in [0.4, 0.5) is 0 Å². The van der Waals surface area contributed by atoms with Gasteiger partial charge in [-0.15, -0.1) is 0 Å². The highest BCUT2D eigenvalue weighted by Crippen LogP contribution is 2.38. The van der Waals surface area contributed by atoms with Gasteiger partial charge in [0.15, 0.2) is 10.9 Å². The van der Waals surface area contributed by atoms with Crippen molar-refractivity contribution >= 4 is 23.1 Å². The molecule has 162 valence electrons. The molecule has 0 bridgehead atoms. The van der Waals surface area contributed by atoms with Gasteiger partial charge in [0.1, 0.15) is 12.4 Å². The molecule has 1 N–H and O–H groups in total. The van der Waals surface area contributed by atoms with Gasteiger partial charge in [0.25, 0.3) is 0 Å². The predicted molar refractivity (Wildman–Crippen MR) is 128 cm³/mol. The largest absolute Gasteiger partial charge is 0.489 e. The van der Waals surface area contributed by atoms with Crippen molar-refractivity contribution in [1.29, 1.82) is 0 Å². The van der Waals surface area contributed by atoms with Gasteiger partial charge >= 0.3 is 0 Å². The van der Waals surface area contributed by atoms with Gasteiger partial charge in [0.05, 0.1) is 6.04 Å². The zero-order valence-corrected chi connectivity index (χ0v) is 19.3. The molecule has 4 rings (SSSR count). The number of nitrogens with one attached hydrogen (secondary N) is 1. The number of rotatable bonds is 6. The standard InChI is InChI=1S/C26H30N2O2S/c1-4-13-28-22-9-6-10-23(29)24(22)25(27-26(28)31)19-7-5-8-21(15-19)30-16-20-14-17(2)11-12-18(20)3/h5,7-8,11-12,14-15,25H,4,6,9-10,13,16H2,1-3H3,(H,27,31). The number of allylic oxidation sites excluding steroid dienone is 1. The lowest BCUT2D eigenvalue weighted by Crippen LogP contribution is -2.49. The number of thiocarbonyl (C=S) groups is 1. The van der Waals surface area contributed by atoms with Gasteiger partial charge in [0, 0.05) is 24.2 Å². The van der Waals surface area contributed by atoms with E-state index in [2.05, 4.69) is 49.2 Å². The lowest BCUT2D eigenvalue weighted by atomic mass is 9.84. The first-order valence-electron chi connectivity index (χ1n) is 11.1. The molecule has 0 spiro atoms. The first kappa shape index (κ1) is 21.6. The molecule has 1 unspecified atom stereocenters. The summed E-state index contributed by atoms with van der Waals surface area (Å²) < 4.78 is 6.14. The van der Waals surface area contributed by atoms with Crippen LogP contribution < -0.4 is 10.1 Å². The van der Waals surface area contributed by atoms with Gasteiger partial charge in [-0.25, -0.2) is 0 Å². The number of aryl methyl sites for hydroxylation is 2. The SMILES string of the molecule is CCCN1C(=S)NC(c2cccc(OCc3cc(C)ccc3C)c2)C2=C1CCCC2=O. The summed E-state index contributed by atoms with van der Waals surface area (Å²) in [4.78, 5) is 15.1. The Morgan fingerprint density at radius 3 is 2.81 bits per heavy atom. The number of Topliss-reactive ketones (excluding diaryl/α,β-unsaturated/α-hetero) is 1. The van der Waals surface area contributed by atoms with Crippen molar-refractivity contribution in [3.63, 3.8) is 0 Å². The van der Waals surface area contributed by atoms with Crippen LogP contribution in [0.1, 0.15) is 60.9 Å². The summed E-state index contributed by atoms with van der Waals surface area (Å²) >= 11 is 5.69. The minimum atomic E-state index is -0.215. The summed E-state index contributed by atoms with van der Waals surface area (Å²) in [7, 11) is 0. The normalized spacial score (nSPS) is 18.7. The first-order chi connectivity index (χ1) is 15.0. The molecule has 5 heteroatoms. The Morgan fingerprint density at radius 1 is 1.16 bits per heavy atom. The van der Waals surface area contributed by atoms with Crippen LogP contribution in [-0.2, 0) is 11.4 Å². The molecule has 4 nitrogen and oxygen atoms in total. The molecule has 1 aliphatic heterocycles. The predicted octanol–water partition coefficient (Wildman–Crippen LogP) is 5.53. The fourth-order valence-electron chi connectivity index (χ4n) is 4.46. The fourth-order valence-corrected chi connectivity index (χ4v) is 4.78. The highest BCUT2D eigenvalue weighted by Gasteiger charge is 2.36. The molecule has 31 heavy (non-hydrogen) atoms. The Hall–Kier alpha value is -2.66. The molecule has 0 radical (unpaired) electrons. The molecule has 2 aliphatic rings. The van der Waals surface area contributed by atoms with Crippen LogP contribution in [0, 0.1) is 13.8 Å². The lowest BCUT2D eigenvalue weighted by molar-refractivity contribution is -0.116. The van der Waals surface area contributed by atoms with Crippen LogP contribution in [0.15, 0.2) is 53.7 Å². The summed E-state index contributed by atoms with van der Waals surface area (Å²) in [6, 6.07) is 14.2. The minimum absolute atomic E-state index is 0.215. The van der Waals surface area contributed by atoms with E-state index in [4.69, 9.17) is 17.0 Å². The highest BCUT2D eigenvalue weighted by molar-refractivity contribution is 7.80. The molecular formula is C26H30N2O2S. The van der Waals surface area contributed by atoms with Crippen molar-refractivity contribution in [2.45, 2.75) is 59.1 Å². The van der Waals surface area contributed by atoms with Crippen LogP contribution in [0.5, 0.6) is 5.75 Å². The molecule has 0 aromatic heterocycles. The molecule has 1 atom stereocenters. The number of nitrogens with zero attached hydrogens (tertiary/aromatic N) is 1. The van der Waals surface area contributed by atoms with E-state index < -0.39 is 0 Å². The minimum Gasteiger partial charge on any atom is -0.489 e. The fraction of sp³-hybridized carbons (Fsp3) is 0.385. The third-order valence-corrected chi connectivity index (χ3v) is 6.43. The summed E-state index contributed by atoms with van der Waals surface area (Å²) in [5.41, 5.74) is 6.63. The third kappa shape index (κ3) is 4.52. The maximum absolute atomic E-state index is 12.9. The Balaban J connectivity index is 1.62. The Morgan fingerprint density at radius 2 is 2.00 bits per heavy atom. The molecule has 1 heterocycles. The van der Waals surface area contributed by atoms with E-state index in [-0.39, 0.29) is 11.8 Å². The van der Waals surface area contributed by atoms with Crippen molar-refractivity contribution < 1.29 is 9.53 Å². The van der Waals surface area contributed by atoms with E-state index >= 15 is 0 Å². The first-order valence-corrected chi connectivity index (χ1v) is 11.5. The second-order valence-corrected chi connectivity index (χ2v) is 8.85. The molecule has 0 fully saturated rings. The molecule has 0 saturated heterocycles. The van der Waals surface area contributed by atoms with Gasteiger partial charge in [-0.05, 0) is 74.2 Å². The third-order valence-electron chi connectivity index (χ3n) is 6.09. The van der Waals surface area contributed by atoms with Gasteiger partial charge in [-0.2, -0.15) is 0 Å². The number of hydrogen-bond acceptors (Lipinski definition) is 3. The zero-order chi connectivity index (χ0) is 22.0. The number of ketones is 1. The average Bonchev–Trinajstić information content (AvgIpc) is 2.76. The van der Waals surface area contributed by atoms with Crippen molar-refractivity contribution in [2.75, 3.05) is 6.54 Å². The number of carbonyl (C=O) groups is 1. The van der Waals surface area contributed by atoms with Crippen LogP contribution in [0.25, 0.3) is 0 Å². The summed E-state index contributed by atoms with van der Waals surface area (Å²) in [5.74, 6) is 1.02. The van der Waals surface area contributed by atoms with Gasteiger partial charge < -0.3 is 15.0 Å². The Kier molecular flexibility index (Phi) is 6.42. The van der Waals surface area contributed by atoms with Crippen molar-refractivity contribution in [1.82, 2.24) is 10.2 Å². The Bertz CT molecular complexity index is 1040. The van der Waals surface area contributed by atoms with Gasteiger partial charge in [-0.3, -0.25) is 4.79 Å². The number of benzene rings is 2. The number of hydrogen-bond donors (Lipinski definition) is 1. The van der Waals surface area contributed by atoms with E-state index in [9.17, 15) is 4.79 Å². The van der Waals surface area contributed by atoms with Crippen molar-refractivity contribution in [2.24, 2.45) is 0 Å². The quantitative estimate of drug-likeness (QED) is 0.606. The average molecular weight is 435 g/mol. The summed E-state index contributed by atoms with van der Waals surface area (Å²) in [6.07, 6.45) is 3.39. The maximum Gasteiger partial charge on any atom is 0.173 e. The molecule has 1 aliphatic carbocycles. The van der Waals surface area contributed by atoms with Gasteiger partial charge in [-0.1, -0.05) is 42.8 Å². The second kappa shape index (κ2) is 9.23. The number of carbonyl (C=O) groups excluding carboxylic acids is 1. The van der Waals surface area contributed by atoms with Gasteiger partial charge in [0.2, 0.25) is 0 Å². The van der Waals surface area contributed by atoms with E-state index in [0.717, 1.165) is 48.4 Å². The van der Waals surface area contributed by atoms with E-state index in [1.54, 1.807) is 0 Å². The molecule has 2 aromatic carbocycles. The van der Waals surface area contributed by atoms with Crippen LogP contribution in [-0.4, -0.2) is 22.3 Å². The second-order valence-electron chi connectivity index (χ2n) is 8.46. The lowest BCUT2D eigenvalue weighted by Gasteiger charge is -2.41. The number of ether oxygens (including phenoxy) is 1. The molecular weight excluding hydrogens is 404 g/mol. The topological polar surface area (TPSA) is 41.6 Å². The molecule has 2 aromatic rings. The zero-order valence-electron chi connectivity index (χ0n) is 18.5. The highest BCUT2D eigenvalue weighted by atomic mass is 32.1. The summed E-state index contributed by atoms with van der Waals surface area (Å²) in [6.45, 7) is 7.69. The van der Waals surface area contributed by atoms with E-state index in [1.807, 2.05) is 24.3 Å². The smallest absolute Gasteiger partial charge is 0.173 e. The monoisotopic (exact) mass is 434 g/mol. The molecule has 0 saturated carbocycles.